The summed E-state index contributed by atoms with van der Waals surface area (Å²) < 4.78 is 6.15. The van der Waals surface area contributed by atoms with Gasteiger partial charge in [-0.05, 0) is 54.9 Å². The van der Waals surface area contributed by atoms with E-state index in [1.54, 1.807) is 43.6 Å². The Morgan fingerprint density at radius 3 is 2.61 bits per heavy atom. The molecule has 3 heterocycles. The highest BCUT2D eigenvalue weighted by molar-refractivity contribution is 7.13. The fourth-order valence-corrected chi connectivity index (χ4v) is 3.70. The topological polar surface area (TPSA) is 89.8 Å². The molecule has 4 aromatic rings. The summed E-state index contributed by atoms with van der Waals surface area (Å²) in [7, 11) is 0. The lowest BCUT2D eigenvalue weighted by Crippen LogP contribution is -2.29. The van der Waals surface area contributed by atoms with Crippen LogP contribution in [0.15, 0.2) is 53.6 Å². The number of aromatic nitrogens is 4. The fourth-order valence-electron chi connectivity index (χ4n) is 2.78. The Morgan fingerprint density at radius 1 is 1.18 bits per heavy atom. The highest BCUT2D eigenvalue weighted by Gasteiger charge is 2.18. The van der Waals surface area contributed by atoms with Gasteiger partial charge in [0.05, 0.1) is 0 Å². The number of aryl methyl sites for hydroxylation is 1. The van der Waals surface area contributed by atoms with Gasteiger partial charge in [0.15, 0.2) is 0 Å². The summed E-state index contributed by atoms with van der Waals surface area (Å²) in [6.07, 6.45) is 3.32. The number of hydrogen-bond acceptors (Lipinski definition) is 6. The van der Waals surface area contributed by atoms with Gasteiger partial charge in [-0.15, -0.1) is 0 Å². The molecule has 0 atom stereocenters. The first-order valence-electron chi connectivity index (χ1n) is 8.35. The number of amides is 1. The first-order valence-corrected chi connectivity index (χ1v) is 9.50. The SMILES string of the molecule is Cc1nc2c(-c3ccncc3)nsc2c(=O)n1CC(=O)Nc1ccc(Cl)cc1. The van der Waals surface area contributed by atoms with Gasteiger partial charge in [-0.25, -0.2) is 4.98 Å². The smallest absolute Gasteiger partial charge is 0.273 e. The second kappa shape index (κ2) is 7.49. The number of halogens is 1. The van der Waals surface area contributed by atoms with Gasteiger partial charge in [0.25, 0.3) is 5.56 Å². The molecule has 0 saturated carbocycles. The number of anilines is 1. The number of fused-ring (bicyclic) bond motifs is 1. The summed E-state index contributed by atoms with van der Waals surface area (Å²) in [5.41, 5.74) is 2.33. The van der Waals surface area contributed by atoms with E-state index in [1.165, 1.54) is 4.57 Å². The molecule has 140 valence electrons. The molecular formula is C19H14ClN5O2S. The molecule has 0 bridgehead atoms. The number of nitrogens with one attached hydrogen (secondary N) is 1. The number of nitrogens with zero attached hydrogens (tertiary/aromatic N) is 4. The van der Waals surface area contributed by atoms with Gasteiger partial charge in [0, 0.05) is 28.7 Å². The van der Waals surface area contributed by atoms with E-state index in [-0.39, 0.29) is 18.0 Å². The van der Waals surface area contributed by atoms with Crippen molar-refractivity contribution in [2.75, 3.05) is 5.32 Å². The lowest BCUT2D eigenvalue weighted by molar-refractivity contribution is -0.116. The fraction of sp³-hybridized carbons (Fsp3) is 0.105. The summed E-state index contributed by atoms with van der Waals surface area (Å²) >= 11 is 6.92. The van der Waals surface area contributed by atoms with Crippen molar-refractivity contribution in [2.24, 2.45) is 0 Å². The summed E-state index contributed by atoms with van der Waals surface area (Å²) in [6, 6.07) is 10.4. The maximum absolute atomic E-state index is 12.9. The predicted octanol–water partition coefficient (Wildman–Crippen LogP) is 3.52. The van der Waals surface area contributed by atoms with Crippen molar-refractivity contribution in [1.29, 1.82) is 0 Å². The Morgan fingerprint density at radius 2 is 1.89 bits per heavy atom. The standard InChI is InChI=1S/C19H14ClN5O2S/c1-11-22-17-16(12-6-8-21-9-7-12)24-28-18(17)19(27)25(11)10-15(26)23-14-4-2-13(20)3-5-14/h2-9H,10H2,1H3,(H,23,26). The zero-order valence-corrected chi connectivity index (χ0v) is 16.3. The van der Waals surface area contributed by atoms with Gasteiger partial charge in [-0.2, -0.15) is 4.37 Å². The number of benzene rings is 1. The molecule has 0 aliphatic heterocycles. The number of hydrogen-bond donors (Lipinski definition) is 1. The third kappa shape index (κ3) is 3.51. The Balaban J connectivity index is 1.66. The van der Waals surface area contributed by atoms with E-state index in [2.05, 4.69) is 19.7 Å². The van der Waals surface area contributed by atoms with Crippen molar-refractivity contribution in [3.05, 3.63) is 70.0 Å². The summed E-state index contributed by atoms with van der Waals surface area (Å²) in [5, 5.41) is 3.33. The van der Waals surface area contributed by atoms with Crippen LogP contribution in [0.3, 0.4) is 0 Å². The van der Waals surface area contributed by atoms with Crippen LogP contribution in [0.1, 0.15) is 5.82 Å². The summed E-state index contributed by atoms with van der Waals surface area (Å²) in [6.45, 7) is 1.56. The quantitative estimate of drug-likeness (QED) is 0.555. The summed E-state index contributed by atoms with van der Waals surface area (Å²) in [5.74, 6) is 0.117. The molecule has 0 aliphatic carbocycles. The van der Waals surface area contributed by atoms with Gasteiger partial charge < -0.3 is 5.32 Å². The molecule has 0 unspecified atom stereocenters. The second-order valence-corrected chi connectivity index (χ2v) is 7.26. The lowest BCUT2D eigenvalue weighted by Gasteiger charge is -2.10. The van der Waals surface area contributed by atoms with Crippen LogP contribution in [0.5, 0.6) is 0 Å². The largest absolute Gasteiger partial charge is 0.325 e. The van der Waals surface area contributed by atoms with E-state index in [0.29, 0.717) is 32.4 Å². The highest BCUT2D eigenvalue weighted by atomic mass is 35.5. The van der Waals surface area contributed by atoms with Crippen LogP contribution in [0.2, 0.25) is 5.02 Å². The third-order valence-electron chi connectivity index (χ3n) is 4.15. The predicted molar refractivity (Wildman–Crippen MR) is 110 cm³/mol. The molecule has 1 amide bonds. The Bertz CT molecular complexity index is 1220. The molecule has 9 heteroatoms. The van der Waals surface area contributed by atoms with Crippen molar-refractivity contribution in [2.45, 2.75) is 13.5 Å². The molecule has 1 N–H and O–H groups in total. The van der Waals surface area contributed by atoms with Crippen LogP contribution in [0.4, 0.5) is 5.69 Å². The molecule has 28 heavy (non-hydrogen) atoms. The summed E-state index contributed by atoms with van der Waals surface area (Å²) in [4.78, 5) is 33.8. The number of carbonyl (C=O) groups excluding carboxylic acids is 1. The van der Waals surface area contributed by atoms with Gasteiger partial charge in [-0.3, -0.25) is 19.1 Å². The average molecular weight is 412 g/mol. The van der Waals surface area contributed by atoms with Crippen LogP contribution in [0, 0.1) is 6.92 Å². The minimum absolute atomic E-state index is 0.140. The first-order chi connectivity index (χ1) is 13.5. The van der Waals surface area contributed by atoms with Crippen molar-refractivity contribution < 1.29 is 4.79 Å². The Hall–Kier alpha value is -3.10. The number of rotatable bonds is 4. The molecule has 0 radical (unpaired) electrons. The molecule has 7 nitrogen and oxygen atoms in total. The Labute approximate surface area is 168 Å². The normalized spacial score (nSPS) is 10.9. The zero-order chi connectivity index (χ0) is 19.7. The van der Waals surface area contributed by atoms with E-state index in [4.69, 9.17) is 11.6 Å². The first kappa shape index (κ1) is 18.3. The van der Waals surface area contributed by atoms with E-state index < -0.39 is 0 Å². The van der Waals surface area contributed by atoms with E-state index in [9.17, 15) is 9.59 Å². The molecule has 0 aliphatic rings. The van der Waals surface area contributed by atoms with Gasteiger partial charge in [-0.1, -0.05) is 11.6 Å². The molecule has 0 saturated heterocycles. The van der Waals surface area contributed by atoms with Crippen LogP contribution in [-0.4, -0.2) is 24.8 Å². The van der Waals surface area contributed by atoms with Crippen LogP contribution < -0.4 is 10.9 Å². The van der Waals surface area contributed by atoms with Crippen molar-refractivity contribution in [1.82, 2.24) is 18.9 Å². The van der Waals surface area contributed by atoms with E-state index in [1.807, 2.05) is 12.1 Å². The van der Waals surface area contributed by atoms with E-state index in [0.717, 1.165) is 17.1 Å². The minimum atomic E-state index is -0.326. The molecule has 0 fully saturated rings. The molecule has 0 spiro atoms. The Kier molecular flexibility index (Phi) is 4.89. The van der Waals surface area contributed by atoms with Gasteiger partial charge >= 0.3 is 0 Å². The number of carbonyl (C=O) groups is 1. The van der Waals surface area contributed by atoms with Crippen LogP contribution >= 0.6 is 23.1 Å². The van der Waals surface area contributed by atoms with Crippen LogP contribution in [-0.2, 0) is 11.3 Å². The maximum Gasteiger partial charge on any atom is 0.273 e. The van der Waals surface area contributed by atoms with Gasteiger partial charge in [0.1, 0.15) is 28.3 Å². The lowest BCUT2D eigenvalue weighted by atomic mass is 10.2. The molecule has 1 aromatic carbocycles. The zero-order valence-electron chi connectivity index (χ0n) is 14.7. The van der Waals surface area contributed by atoms with Crippen LogP contribution in [0.25, 0.3) is 21.5 Å². The second-order valence-electron chi connectivity index (χ2n) is 6.05. The molecular weight excluding hydrogens is 398 g/mol. The monoisotopic (exact) mass is 411 g/mol. The highest BCUT2D eigenvalue weighted by Crippen LogP contribution is 2.27. The van der Waals surface area contributed by atoms with Crippen molar-refractivity contribution in [3.8, 4) is 11.3 Å². The molecule has 4 rings (SSSR count). The van der Waals surface area contributed by atoms with Gasteiger partial charge in [0.2, 0.25) is 5.91 Å². The third-order valence-corrected chi connectivity index (χ3v) is 5.23. The van der Waals surface area contributed by atoms with Crippen molar-refractivity contribution in [3.63, 3.8) is 0 Å². The van der Waals surface area contributed by atoms with E-state index >= 15 is 0 Å². The average Bonchev–Trinajstić information content (AvgIpc) is 3.11. The maximum atomic E-state index is 12.9. The number of pyridine rings is 1. The van der Waals surface area contributed by atoms with Crippen molar-refractivity contribution >= 4 is 44.9 Å². The molecule has 3 aromatic heterocycles. The minimum Gasteiger partial charge on any atom is -0.325 e.